The molecule has 2 aromatic rings. The van der Waals surface area contributed by atoms with Crippen molar-refractivity contribution in [3.63, 3.8) is 0 Å². The minimum Gasteiger partial charge on any atom is -0.355 e. The molecule has 0 saturated heterocycles. The molecule has 2 aromatic carbocycles. The van der Waals surface area contributed by atoms with E-state index in [1.807, 2.05) is 12.1 Å². The highest BCUT2D eigenvalue weighted by Gasteiger charge is 2.27. The molecule has 0 fully saturated rings. The van der Waals surface area contributed by atoms with Crippen molar-refractivity contribution < 1.29 is 13.2 Å². The van der Waals surface area contributed by atoms with Gasteiger partial charge in [-0.1, -0.05) is 58.0 Å². The molecule has 0 bridgehead atoms. The van der Waals surface area contributed by atoms with Crippen molar-refractivity contribution in [1.82, 2.24) is 5.32 Å². The molecule has 1 N–H and O–H groups in total. The Kier molecular flexibility index (Phi) is 7.63. The molecule has 0 radical (unpaired) electrons. The maximum Gasteiger partial charge on any atom is 0.264 e. The van der Waals surface area contributed by atoms with Gasteiger partial charge < -0.3 is 5.32 Å². The van der Waals surface area contributed by atoms with Crippen molar-refractivity contribution in [3.8, 4) is 0 Å². The van der Waals surface area contributed by atoms with Gasteiger partial charge in [-0.15, -0.1) is 0 Å². The third-order valence-electron chi connectivity index (χ3n) is 4.51. The first kappa shape index (κ1) is 22.0. The second kappa shape index (κ2) is 9.73. The van der Waals surface area contributed by atoms with Gasteiger partial charge in [0.15, 0.2) is 0 Å². The molecule has 5 nitrogen and oxygen atoms in total. The minimum atomic E-state index is -3.85. The van der Waals surface area contributed by atoms with E-state index in [1.165, 1.54) is 4.31 Å². The zero-order valence-electron chi connectivity index (χ0n) is 17.1. The van der Waals surface area contributed by atoms with Gasteiger partial charge in [-0.05, 0) is 48.1 Å². The van der Waals surface area contributed by atoms with Crippen molar-refractivity contribution in [2.45, 2.75) is 44.9 Å². The number of nitrogens with zero attached hydrogens (tertiary/aromatic N) is 1. The number of amides is 1. The van der Waals surface area contributed by atoms with Crippen molar-refractivity contribution in [2.24, 2.45) is 5.92 Å². The predicted octanol–water partition coefficient (Wildman–Crippen LogP) is 4.17. The summed E-state index contributed by atoms with van der Waals surface area (Å²) in [6.45, 7) is 8.59. The number of nitrogens with one attached hydrogen (secondary N) is 1. The van der Waals surface area contributed by atoms with E-state index in [0.29, 0.717) is 24.1 Å². The zero-order valence-corrected chi connectivity index (χ0v) is 17.9. The van der Waals surface area contributed by atoms with Gasteiger partial charge in [-0.3, -0.25) is 9.10 Å². The average molecular weight is 403 g/mol. The third-order valence-corrected chi connectivity index (χ3v) is 6.30. The summed E-state index contributed by atoms with van der Waals surface area (Å²) in [4.78, 5) is 12.6. The van der Waals surface area contributed by atoms with E-state index < -0.39 is 10.0 Å². The van der Waals surface area contributed by atoms with Gasteiger partial charge in [0.05, 0.1) is 10.6 Å². The maximum atomic E-state index is 13.2. The molecule has 0 aliphatic carbocycles. The van der Waals surface area contributed by atoms with E-state index in [2.05, 4.69) is 33.0 Å². The second-order valence-electron chi connectivity index (χ2n) is 7.60. The van der Waals surface area contributed by atoms with Crippen molar-refractivity contribution in [2.75, 3.05) is 17.4 Å². The topological polar surface area (TPSA) is 66.5 Å². The van der Waals surface area contributed by atoms with Crippen LogP contribution in [0.3, 0.4) is 0 Å². The molecule has 1 amide bonds. The molecule has 0 aromatic heterocycles. The first-order valence-electron chi connectivity index (χ1n) is 9.66. The molecule has 2 rings (SSSR count). The van der Waals surface area contributed by atoms with Gasteiger partial charge in [0.2, 0.25) is 5.91 Å². The molecule has 152 valence electrons. The van der Waals surface area contributed by atoms with Gasteiger partial charge in [-0.25, -0.2) is 8.42 Å². The van der Waals surface area contributed by atoms with Crippen molar-refractivity contribution >= 4 is 21.6 Å². The lowest BCUT2D eigenvalue weighted by molar-refractivity contribution is -0.119. The van der Waals surface area contributed by atoms with Gasteiger partial charge in [0.1, 0.15) is 6.54 Å². The first-order valence-corrected chi connectivity index (χ1v) is 11.1. The number of rotatable bonds is 9. The molecular weight excluding hydrogens is 372 g/mol. The Hall–Kier alpha value is -2.34. The van der Waals surface area contributed by atoms with Crippen LogP contribution < -0.4 is 9.62 Å². The summed E-state index contributed by atoms with van der Waals surface area (Å²) in [7, 11) is -3.85. The monoisotopic (exact) mass is 402 g/mol. The van der Waals surface area contributed by atoms with E-state index in [9.17, 15) is 13.2 Å². The SMILES string of the molecule is CC(C)CCNC(=O)CN(c1ccc(C(C)C)cc1)S(=O)(=O)c1ccccc1. The fourth-order valence-electron chi connectivity index (χ4n) is 2.75. The molecule has 6 heteroatoms. The summed E-state index contributed by atoms with van der Waals surface area (Å²) in [5, 5.41) is 2.82. The third kappa shape index (κ3) is 5.83. The smallest absolute Gasteiger partial charge is 0.264 e. The van der Waals surface area contributed by atoms with E-state index in [4.69, 9.17) is 0 Å². The highest BCUT2D eigenvalue weighted by atomic mass is 32.2. The Labute approximate surface area is 168 Å². The van der Waals surface area contributed by atoms with Crippen LogP contribution in [-0.2, 0) is 14.8 Å². The quantitative estimate of drug-likeness (QED) is 0.685. The second-order valence-corrected chi connectivity index (χ2v) is 9.47. The Morgan fingerprint density at radius 1 is 0.964 bits per heavy atom. The highest BCUT2D eigenvalue weighted by Crippen LogP contribution is 2.25. The zero-order chi connectivity index (χ0) is 20.7. The molecule has 0 heterocycles. The molecule has 0 unspecified atom stereocenters. The standard InChI is InChI=1S/C22H30N2O3S/c1-17(2)14-15-23-22(25)16-24(20-12-10-19(11-13-20)18(3)4)28(26,27)21-8-6-5-7-9-21/h5-13,17-18H,14-16H2,1-4H3,(H,23,25). The summed E-state index contributed by atoms with van der Waals surface area (Å²) >= 11 is 0. The lowest BCUT2D eigenvalue weighted by atomic mass is 10.0. The number of carbonyl (C=O) groups is 1. The van der Waals surface area contributed by atoms with Crippen LogP contribution in [0, 0.1) is 5.92 Å². The molecular formula is C22H30N2O3S. The first-order chi connectivity index (χ1) is 13.2. The number of anilines is 1. The van der Waals surface area contributed by atoms with Crippen LogP contribution in [-0.4, -0.2) is 27.4 Å². The maximum absolute atomic E-state index is 13.2. The number of sulfonamides is 1. The van der Waals surface area contributed by atoms with Crippen LogP contribution in [0.25, 0.3) is 0 Å². The van der Waals surface area contributed by atoms with E-state index in [1.54, 1.807) is 42.5 Å². The van der Waals surface area contributed by atoms with Gasteiger partial charge in [-0.2, -0.15) is 0 Å². The van der Waals surface area contributed by atoms with Crippen LogP contribution in [0.15, 0.2) is 59.5 Å². The highest BCUT2D eigenvalue weighted by molar-refractivity contribution is 7.92. The summed E-state index contributed by atoms with van der Waals surface area (Å²) in [5.74, 6) is 0.494. The predicted molar refractivity (Wildman–Crippen MR) is 114 cm³/mol. The summed E-state index contributed by atoms with van der Waals surface area (Å²) in [6.07, 6.45) is 0.847. The Morgan fingerprint density at radius 2 is 1.57 bits per heavy atom. The molecule has 0 saturated carbocycles. The number of hydrogen-bond donors (Lipinski definition) is 1. The molecule has 0 atom stereocenters. The molecule has 28 heavy (non-hydrogen) atoms. The largest absolute Gasteiger partial charge is 0.355 e. The summed E-state index contributed by atoms with van der Waals surface area (Å²) < 4.78 is 27.6. The molecule has 0 aliphatic rings. The van der Waals surface area contributed by atoms with E-state index in [-0.39, 0.29) is 17.3 Å². The fourth-order valence-corrected chi connectivity index (χ4v) is 4.19. The lowest BCUT2D eigenvalue weighted by Gasteiger charge is -2.24. The summed E-state index contributed by atoms with van der Waals surface area (Å²) in [5.41, 5.74) is 1.59. The van der Waals surface area contributed by atoms with Gasteiger partial charge >= 0.3 is 0 Å². The van der Waals surface area contributed by atoms with Crippen LogP contribution in [0.4, 0.5) is 5.69 Å². The normalized spacial score (nSPS) is 11.6. The van der Waals surface area contributed by atoms with Crippen LogP contribution >= 0.6 is 0 Å². The molecule has 0 aliphatic heterocycles. The average Bonchev–Trinajstić information content (AvgIpc) is 2.66. The van der Waals surface area contributed by atoms with Crippen LogP contribution in [0.2, 0.25) is 0 Å². The van der Waals surface area contributed by atoms with Gasteiger partial charge in [0.25, 0.3) is 10.0 Å². The minimum absolute atomic E-state index is 0.165. The fraction of sp³-hybridized carbons (Fsp3) is 0.409. The number of carbonyl (C=O) groups excluding carboxylic acids is 1. The Morgan fingerprint density at radius 3 is 2.11 bits per heavy atom. The Bertz CT molecular complexity index is 860. The van der Waals surface area contributed by atoms with E-state index in [0.717, 1.165) is 12.0 Å². The molecule has 0 spiro atoms. The number of benzene rings is 2. The van der Waals surface area contributed by atoms with Crippen LogP contribution in [0.1, 0.15) is 45.6 Å². The van der Waals surface area contributed by atoms with Crippen molar-refractivity contribution in [3.05, 3.63) is 60.2 Å². The lowest BCUT2D eigenvalue weighted by Crippen LogP contribution is -2.41. The van der Waals surface area contributed by atoms with Gasteiger partial charge in [0, 0.05) is 6.54 Å². The Balaban J connectivity index is 2.31. The number of hydrogen-bond acceptors (Lipinski definition) is 3. The summed E-state index contributed by atoms with van der Waals surface area (Å²) in [6, 6.07) is 15.5. The van der Waals surface area contributed by atoms with Crippen LogP contribution in [0.5, 0.6) is 0 Å². The van der Waals surface area contributed by atoms with Crippen molar-refractivity contribution in [1.29, 1.82) is 0 Å². The van der Waals surface area contributed by atoms with E-state index >= 15 is 0 Å².